The van der Waals surface area contributed by atoms with Crippen LogP contribution in [0.4, 0.5) is 14.7 Å². The van der Waals surface area contributed by atoms with Crippen LogP contribution in [0.1, 0.15) is 43.7 Å². The number of anilines is 1. The molecular formula is C21H28F2N4. The van der Waals surface area contributed by atoms with E-state index in [9.17, 15) is 8.78 Å². The summed E-state index contributed by atoms with van der Waals surface area (Å²) in [6.45, 7) is 5.96. The minimum absolute atomic E-state index is 0.582. The number of likely N-dealkylation sites (tertiary alicyclic amines) is 1. The second-order valence-corrected chi connectivity index (χ2v) is 7.37. The number of nitrogens with one attached hydrogen (secondary N) is 1. The van der Waals surface area contributed by atoms with Crippen LogP contribution >= 0.6 is 0 Å². The lowest BCUT2D eigenvalue weighted by Crippen LogP contribution is -2.35. The van der Waals surface area contributed by atoms with Gasteiger partial charge < -0.3 is 5.32 Å². The highest BCUT2D eigenvalue weighted by atomic mass is 19.2. The van der Waals surface area contributed by atoms with Crippen molar-refractivity contribution in [3.05, 3.63) is 53.4 Å². The van der Waals surface area contributed by atoms with Crippen molar-refractivity contribution in [2.45, 2.75) is 45.6 Å². The van der Waals surface area contributed by atoms with Crippen LogP contribution in [0.3, 0.4) is 0 Å². The van der Waals surface area contributed by atoms with E-state index in [1.54, 1.807) is 6.07 Å². The standard InChI is InChI=1S/C21H28F2N4/c1-2-9-24-21-25-12-18(13-26-21)15-27-10-3-4-17(14-27)6-5-16-7-8-19(22)20(23)11-16/h7-8,11-13,17H,2-6,9-10,14-15H2,1H3,(H,24,25,26). The van der Waals surface area contributed by atoms with Gasteiger partial charge in [-0.2, -0.15) is 0 Å². The third-order valence-electron chi connectivity index (χ3n) is 5.07. The summed E-state index contributed by atoms with van der Waals surface area (Å²) in [6, 6.07) is 4.22. The predicted molar refractivity (Wildman–Crippen MR) is 103 cm³/mol. The van der Waals surface area contributed by atoms with Crippen LogP contribution < -0.4 is 5.32 Å². The Labute approximate surface area is 160 Å². The van der Waals surface area contributed by atoms with E-state index < -0.39 is 11.6 Å². The monoisotopic (exact) mass is 374 g/mol. The Morgan fingerprint density at radius 2 is 1.96 bits per heavy atom. The number of benzene rings is 1. The third-order valence-corrected chi connectivity index (χ3v) is 5.07. The van der Waals surface area contributed by atoms with E-state index in [4.69, 9.17) is 0 Å². The van der Waals surface area contributed by atoms with Crippen molar-refractivity contribution in [3.63, 3.8) is 0 Å². The molecule has 0 amide bonds. The van der Waals surface area contributed by atoms with Crippen LogP contribution in [0.15, 0.2) is 30.6 Å². The molecule has 0 aliphatic carbocycles. The van der Waals surface area contributed by atoms with Crippen LogP contribution in [-0.4, -0.2) is 34.5 Å². The summed E-state index contributed by atoms with van der Waals surface area (Å²) in [6.07, 6.45) is 8.99. The maximum Gasteiger partial charge on any atom is 0.222 e. The van der Waals surface area contributed by atoms with Crippen molar-refractivity contribution >= 4 is 5.95 Å². The zero-order valence-corrected chi connectivity index (χ0v) is 15.9. The first-order valence-corrected chi connectivity index (χ1v) is 9.85. The van der Waals surface area contributed by atoms with Crippen molar-refractivity contribution in [2.75, 3.05) is 25.0 Å². The van der Waals surface area contributed by atoms with Crippen LogP contribution in [0, 0.1) is 17.6 Å². The fourth-order valence-corrected chi connectivity index (χ4v) is 3.62. The zero-order valence-electron chi connectivity index (χ0n) is 15.9. The minimum atomic E-state index is -0.777. The highest BCUT2D eigenvalue weighted by Crippen LogP contribution is 2.23. The van der Waals surface area contributed by atoms with Crippen LogP contribution in [-0.2, 0) is 13.0 Å². The smallest absolute Gasteiger partial charge is 0.222 e. The van der Waals surface area contributed by atoms with E-state index in [2.05, 4.69) is 27.1 Å². The molecule has 1 aliphatic heterocycles. The molecule has 1 fully saturated rings. The van der Waals surface area contributed by atoms with Crippen molar-refractivity contribution in [3.8, 4) is 0 Å². The summed E-state index contributed by atoms with van der Waals surface area (Å²) in [7, 11) is 0. The lowest BCUT2D eigenvalue weighted by molar-refractivity contribution is 0.161. The molecule has 146 valence electrons. The van der Waals surface area contributed by atoms with Gasteiger partial charge in [0.05, 0.1) is 0 Å². The zero-order chi connectivity index (χ0) is 19.1. The summed E-state index contributed by atoms with van der Waals surface area (Å²) >= 11 is 0. The third kappa shape index (κ3) is 5.96. The van der Waals surface area contributed by atoms with Gasteiger partial charge in [-0.1, -0.05) is 13.0 Å². The summed E-state index contributed by atoms with van der Waals surface area (Å²) in [5, 5.41) is 3.19. The molecule has 1 aliphatic rings. The number of hydrogen-bond acceptors (Lipinski definition) is 4. The predicted octanol–water partition coefficient (Wildman–Crippen LogP) is 4.42. The molecular weight excluding hydrogens is 346 g/mol. The molecule has 1 aromatic heterocycles. The van der Waals surface area contributed by atoms with E-state index >= 15 is 0 Å². The van der Waals surface area contributed by atoms with E-state index in [0.717, 1.165) is 56.6 Å². The second-order valence-electron chi connectivity index (χ2n) is 7.37. The Hall–Kier alpha value is -2.08. The van der Waals surface area contributed by atoms with E-state index in [0.29, 0.717) is 11.9 Å². The number of aryl methyl sites for hydroxylation is 1. The highest BCUT2D eigenvalue weighted by molar-refractivity contribution is 5.24. The van der Waals surface area contributed by atoms with Gasteiger partial charge in [0.2, 0.25) is 5.95 Å². The average Bonchev–Trinajstić information content (AvgIpc) is 2.69. The Morgan fingerprint density at radius 3 is 2.70 bits per heavy atom. The molecule has 27 heavy (non-hydrogen) atoms. The first-order valence-electron chi connectivity index (χ1n) is 9.85. The van der Waals surface area contributed by atoms with E-state index in [1.165, 1.54) is 25.0 Å². The van der Waals surface area contributed by atoms with Gasteiger partial charge in [-0.15, -0.1) is 0 Å². The molecule has 1 unspecified atom stereocenters. The number of hydrogen-bond donors (Lipinski definition) is 1. The number of nitrogens with zero attached hydrogens (tertiary/aromatic N) is 3. The lowest BCUT2D eigenvalue weighted by atomic mass is 9.91. The molecule has 1 N–H and O–H groups in total. The van der Waals surface area contributed by atoms with Gasteiger partial charge in [0.25, 0.3) is 0 Å². The number of piperidine rings is 1. The molecule has 1 saturated heterocycles. The summed E-state index contributed by atoms with van der Waals surface area (Å²) in [5.41, 5.74) is 1.99. The van der Waals surface area contributed by atoms with Gasteiger partial charge in [-0.25, -0.2) is 18.7 Å². The SMILES string of the molecule is CCCNc1ncc(CN2CCCC(CCc3ccc(F)c(F)c3)C2)cn1. The van der Waals surface area contributed by atoms with Gasteiger partial charge >= 0.3 is 0 Å². The lowest BCUT2D eigenvalue weighted by Gasteiger charge is -2.32. The summed E-state index contributed by atoms with van der Waals surface area (Å²) < 4.78 is 26.4. The number of halogens is 2. The van der Waals surface area contributed by atoms with Crippen molar-refractivity contribution in [1.29, 1.82) is 0 Å². The first kappa shape index (κ1) is 19.7. The fraction of sp³-hybridized carbons (Fsp3) is 0.524. The molecule has 2 heterocycles. The molecule has 1 atom stereocenters. The largest absolute Gasteiger partial charge is 0.354 e. The second kappa shape index (κ2) is 9.74. The maximum atomic E-state index is 13.3. The molecule has 0 spiro atoms. The van der Waals surface area contributed by atoms with E-state index in [-0.39, 0.29) is 0 Å². The quantitative estimate of drug-likeness (QED) is 0.743. The van der Waals surface area contributed by atoms with Crippen molar-refractivity contribution < 1.29 is 8.78 Å². The Balaban J connectivity index is 1.48. The minimum Gasteiger partial charge on any atom is -0.354 e. The van der Waals surface area contributed by atoms with Crippen LogP contribution in [0.25, 0.3) is 0 Å². The molecule has 4 nitrogen and oxygen atoms in total. The number of aromatic nitrogens is 2. The Morgan fingerprint density at radius 1 is 1.15 bits per heavy atom. The molecule has 3 rings (SSSR count). The normalized spacial score (nSPS) is 17.8. The molecule has 6 heteroatoms. The average molecular weight is 374 g/mol. The maximum absolute atomic E-state index is 13.3. The topological polar surface area (TPSA) is 41.1 Å². The Bertz CT molecular complexity index is 721. The fourth-order valence-electron chi connectivity index (χ4n) is 3.62. The Kier molecular flexibility index (Phi) is 7.10. The van der Waals surface area contributed by atoms with Crippen LogP contribution in [0.2, 0.25) is 0 Å². The molecule has 0 radical (unpaired) electrons. The van der Waals surface area contributed by atoms with Gasteiger partial charge in [0, 0.05) is 37.6 Å². The number of rotatable bonds is 8. The van der Waals surface area contributed by atoms with Gasteiger partial charge in [-0.05, 0) is 62.3 Å². The van der Waals surface area contributed by atoms with E-state index in [1.807, 2.05) is 12.4 Å². The van der Waals surface area contributed by atoms with Crippen molar-refractivity contribution in [1.82, 2.24) is 14.9 Å². The molecule has 1 aromatic carbocycles. The molecule has 0 saturated carbocycles. The molecule has 0 bridgehead atoms. The highest BCUT2D eigenvalue weighted by Gasteiger charge is 2.20. The van der Waals surface area contributed by atoms with Crippen molar-refractivity contribution in [2.24, 2.45) is 5.92 Å². The first-order chi connectivity index (χ1) is 13.1. The summed E-state index contributed by atoms with van der Waals surface area (Å²) in [4.78, 5) is 11.2. The van der Waals surface area contributed by atoms with Gasteiger partial charge in [-0.3, -0.25) is 4.90 Å². The molecule has 2 aromatic rings. The summed E-state index contributed by atoms with van der Waals surface area (Å²) in [5.74, 6) is -0.266. The van der Waals surface area contributed by atoms with Gasteiger partial charge in [0.1, 0.15) is 0 Å². The van der Waals surface area contributed by atoms with Crippen LogP contribution in [0.5, 0.6) is 0 Å². The van der Waals surface area contributed by atoms with Gasteiger partial charge in [0.15, 0.2) is 11.6 Å².